The SMILES string of the molecule is CC(C)CNCC1(CN(C)C(C)C(C)C)CCCC(C)C1. The minimum absolute atomic E-state index is 0.491. The Hall–Kier alpha value is -0.0800. The lowest BCUT2D eigenvalue weighted by molar-refractivity contribution is 0.0652. The number of rotatable bonds is 8. The average molecular weight is 297 g/mol. The predicted octanol–water partition coefficient (Wildman–Crippen LogP) is 4.40. The van der Waals surface area contributed by atoms with Gasteiger partial charge >= 0.3 is 0 Å². The molecule has 0 aromatic carbocycles. The number of hydrogen-bond donors (Lipinski definition) is 1. The summed E-state index contributed by atoms with van der Waals surface area (Å²) < 4.78 is 0. The van der Waals surface area contributed by atoms with Crippen molar-refractivity contribution in [1.29, 1.82) is 0 Å². The van der Waals surface area contributed by atoms with Gasteiger partial charge < -0.3 is 10.2 Å². The summed E-state index contributed by atoms with van der Waals surface area (Å²) in [5.41, 5.74) is 0.491. The molecule has 1 rings (SSSR count). The minimum atomic E-state index is 0.491. The smallest absolute Gasteiger partial charge is 0.00871 e. The van der Waals surface area contributed by atoms with Crippen molar-refractivity contribution in [3.8, 4) is 0 Å². The van der Waals surface area contributed by atoms with Gasteiger partial charge in [0, 0.05) is 19.1 Å². The lowest BCUT2D eigenvalue weighted by Crippen LogP contribution is -2.49. The molecule has 0 radical (unpaired) electrons. The maximum atomic E-state index is 3.76. The third kappa shape index (κ3) is 6.28. The Morgan fingerprint density at radius 1 is 1.19 bits per heavy atom. The number of hydrogen-bond acceptors (Lipinski definition) is 2. The minimum Gasteiger partial charge on any atom is -0.316 e. The van der Waals surface area contributed by atoms with Gasteiger partial charge in [-0.3, -0.25) is 0 Å². The second kappa shape index (κ2) is 8.53. The van der Waals surface area contributed by atoms with Crippen LogP contribution in [-0.2, 0) is 0 Å². The Labute approximate surface area is 134 Å². The first-order valence-electron chi connectivity index (χ1n) is 9.17. The van der Waals surface area contributed by atoms with Gasteiger partial charge in [-0.05, 0) is 56.5 Å². The Morgan fingerprint density at radius 2 is 1.86 bits per heavy atom. The third-order valence-electron chi connectivity index (χ3n) is 5.48. The van der Waals surface area contributed by atoms with E-state index in [1.807, 2.05) is 0 Å². The van der Waals surface area contributed by atoms with Crippen molar-refractivity contribution >= 4 is 0 Å². The zero-order valence-electron chi connectivity index (χ0n) is 15.7. The van der Waals surface area contributed by atoms with Crippen molar-refractivity contribution in [3.05, 3.63) is 0 Å². The molecule has 0 spiro atoms. The van der Waals surface area contributed by atoms with Crippen LogP contribution >= 0.6 is 0 Å². The quantitative estimate of drug-likeness (QED) is 0.714. The Balaban J connectivity index is 2.67. The van der Waals surface area contributed by atoms with E-state index in [9.17, 15) is 0 Å². The van der Waals surface area contributed by atoms with Crippen LogP contribution in [0.25, 0.3) is 0 Å². The van der Waals surface area contributed by atoms with E-state index in [4.69, 9.17) is 0 Å². The molecule has 1 aliphatic rings. The highest BCUT2D eigenvalue weighted by Crippen LogP contribution is 2.40. The fraction of sp³-hybridized carbons (Fsp3) is 1.00. The molecule has 0 aliphatic heterocycles. The zero-order valence-corrected chi connectivity index (χ0v) is 15.7. The molecule has 1 N–H and O–H groups in total. The van der Waals surface area contributed by atoms with Crippen molar-refractivity contribution in [3.63, 3.8) is 0 Å². The van der Waals surface area contributed by atoms with Gasteiger partial charge in [-0.2, -0.15) is 0 Å². The normalized spacial score (nSPS) is 28.6. The van der Waals surface area contributed by atoms with Crippen LogP contribution in [0, 0.1) is 23.2 Å². The topological polar surface area (TPSA) is 15.3 Å². The van der Waals surface area contributed by atoms with E-state index in [1.54, 1.807) is 0 Å². The average Bonchev–Trinajstić information content (AvgIpc) is 2.36. The first kappa shape index (κ1) is 19.0. The van der Waals surface area contributed by atoms with E-state index in [0.29, 0.717) is 11.5 Å². The van der Waals surface area contributed by atoms with Crippen LogP contribution in [0.3, 0.4) is 0 Å². The first-order valence-corrected chi connectivity index (χ1v) is 9.17. The molecule has 1 aliphatic carbocycles. The van der Waals surface area contributed by atoms with Gasteiger partial charge in [-0.1, -0.05) is 47.5 Å². The molecule has 21 heavy (non-hydrogen) atoms. The van der Waals surface area contributed by atoms with Crippen molar-refractivity contribution in [2.24, 2.45) is 23.2 Å². The molecule has 0 amide bonds. The van der Waals surface area contributed by atoms with Gasteiger partial charge in [0.15, 0.2) is 0 Å². The van der Waals surface area contributed by atoms with E-state index in [2.05, 4.69) is 58.8 Å². The van der Waals surface area contributed by atoms with Crippen LogP contribution in [0.1, 0.15) is 67.2 Å². The van der Waals surface area contributed by atoms with Gasteiger partial charge in [-0.15, -0.1) is 0 Å². The molecule has 0 bridgehead atoms. The molecular weight excluding hydrogens is 256 g/mol. The van der Waals surface area contributed by atoms with Crippen LogP contribution in [-0.4, -0.2) is 37.6 Å². The summed E-state index contributed by atoms with van der Waals surface area (Å²) in [6.07, 6.45) is 5.63. The highest BCUT2D eigenvalue weighted by atomic mass is 15.1. The van der Waals surface area contributed by atoms with Gasteiger partial charge in [0.05, 0.1) is 0 Å². The molecule has 3 unspecified atom stereocenters. The van der Waals surface area contributed by atoms with E-state index in [1.165, 1.54) is 38.8 Å². The highest BCUT2D eigenvalue weighted by Gasteiger charge is 2.36. The van der Waals surface area contributed by atoms with E-state index >= 15 is 0 Å². The lowest BCUT2D eigenvalue weighted by Gasteiger charge is -2.44. The molecule has 3 atom stereocenters. The summed E-state index contributed by atoms with van der Waals surface area (Å²) >= 11 is 0. The maximum Gasteiger partial charge on any atom is 0.00871 e. The fourth-order valence-corrected chi connectivity index (χ4v) is 3.94. The summed E-state index contributed by atoms with van der Waals surface area (Å²) in [6.45, 7) is 17.7. The van der Waals surface area contributed by atoms with Crippen LogP contribution in [0.4, 0.5) is 0 Å². The molecule has 0 heterocycles. The Bertz CT molecular complexity index is 287. The summed E-state index contributed by atoms with van der Waals surface area (Å²) in [6, 6.07) is 0.671. The Kier molecular flexibility index (Phi) is 7.70. The monoisotopic (exact) mass is 296 g/mol. The van der Waals surface area contributed by atoms with Crippen molar-refractivity contribution in [1.82, 2.24) is 10.2 Å². The Morgan fingerprint density at radius 3 is 2.38 bits per heavy atom. The van der Waals surface area contributed by atoms with Crippen LogP contribution < -0.4 is 5.32 Å². The molecular formula is C19H40N2. The second-order valence-electron chi connectivity index (χ2n) is 8.63. The standard InChI is InChI=1S/C19H40N2/c1-15(2)12-20-13-19(10-8-9-17(5)11-19)14-21(7)18(6)16(3)4/h15-18,20H,8-14H2,1-7H3. The molecule has 0 aromatic rings. The zero-order chi connectivity index (χ0) is 16.0. The number of nitrogens with one attached hydrogen (secondary N) is 1. The second-order valence-corrected chi connectivity index (χ2v) is 8.63. The van der Waals surface area contributed by atoms with Gasteiger partial charge in [0.2, 0.25) is 0 Å². The molecule has 1 saturated carbocycles. The predicted molar refractivity (Wildman–Crippen MR) is 94.7 cm³/mol. The molecule has 2 nitrogen and oxygen atoms in total. The van der Waals surface area contributed by atoms with Crippen LogP contribution in [0.5, 0.6) is 0 Å². The van der Waals surface area contributed by atoms with E-state index in [-0.39, 0.29) is 0 Å². The number of nitrogens with zero attached hydrogens (tertiary/aromatic N) is 1. The molecule has 0 saturated heterocycles. The van der Waals surface area contributed by atoms with Crippen molar-refractivity contribution < 1.29 is 0 Å². The summed E-state index contributed by atoms with van der Waals surface area (Å²) in [5.74, 6) is 2.37. The molecule has 0 aromatic heterocycles. The third-order valence-corrected chi connectivity index (χ3v) is 5.48. The molecule has 2 heteroatoms. The molecule has 1 fully saturated rings. The van der Waals surface area contributed by atoms with Crippen molar-refractivity contribution in [2.45, 2.75) is 73.3 Å². The maximum absolute atomic E-state index is 3.76. The van der Waals surface area contributed by atoms with Gasteiger partial charge in [0.1, 0.15) is 0 Å². The van der Waals surface area contributed by atoms with E-state index in [0.717, 1.165) is 24.3 Å². The highest BCUT2D eigenvalue weighted by molar-refractivity contribution is 4.90. The van der Waals surface area contributed by atoms with Crippen molar-refractivity contribution in [2.75, 3.05) is 26.7 Å². The fourth-order valence-electron chi connectivity index (χ4n) is 3.94. The lowest BCUT2D eigenvalue weighted by atomic mass is 9.69. The van der Waals surface area contributed by atoms with Crippen LogP contribution in [0.15, 0.2) is 0 Å². The van der Waals surface area contributed by atoms with Gasteiger partial charge in [-0.25, -0.2) is 0 Å². The molecule has 126 valence electrons. The van der Waals surface area contributed by atoms with Crippen LogP contribution in [0.2, 0.25) is 0 Å². The summed E-state index contributed by atoms with van der Waals surface area (Å²) in [7, 11) is 2.33. The first-order chi connectivity index (χ1) is 9.76. The summed E-state index contributed by atoms with van der Waals surface area (Å²) in [5, 5.41) is 3.76. The summed E-state index contributed by atoms with van der Waals surface area (Å²) in [4.78, 5) is 2.61. The van der Waals surface area contributed by atoms with E-state index < -0.39 is 0 Å². The largest absolute Gasteiger partial charge is 0.316 e. The van der Waals surface area contributed by atoms with Gasteiger partial charge in [0.25, 0.3) is 0 Å².